The summed E-state index contributed by atoms with van der Waals surface area (Å²) in [5.41, 5.74) is -1.24. The second kappa shape index (κ2) is 13.3. The molecule has 8 nitrogen and oxygen atoms in total. The predicted octanol–water partition coefficient (Wildman–Crippen LogP) is 5.71. The Hall–Kier alpha value is -3.38. The Morgan fingerprint density at radius 3 is 2.28 bits per heavy atom. The fourth-order valence-electron chi connectivity index (χ4n) is 7.99. The van der Waals surface area contributed by atoms with Crippen LogP contribution in [0, 0.1) is 5.92 Å². The highest BCUT2D eigenvalue weighted by molar-refractivity contribution is 5.88. The number of carboxylic acids is 1. The van der Waals surface area contributed by atoms with Gasteiger partial charge in [-0.1, -0.05) is 24.6 Å². The lowest BCUT2D eigenvalue weighted by molar-refractivity contribution is -0.146. The van der Waals surface area contributed by atoms with Crippen molar-refractivity contribution in [2.24, 2.45) is 5.92 Å². The van der Waals surface area contributed by atoms with Gasteiger partial charge in [-0.3, -0.25) is 14.5 Å². The molecule has 0 radical (unpaired) electrons. The van der Waals surface area contributed by atoms with E-state index in [1.807, 2.05) is 17.0 Å². The quantitative estimate of drug-likeness (QED) is 0.345. The lowest BCUT2D eigenvalue weighted by Gasteiger charge is -2.36. The third-order valence-electron chi connectivity index (χ3n) is 10.9. The molecule has 1 N–H and O–H groups in total. The first-order valence-electron chi connectivity index (χ1n) is 16.5. The minimum absolute atomic E-state index is 0.0158. The number of carbonyl (C=O) groups is 2. The average molecular weight is 662 g/mol. The first-order chi connectivity index (χ1) is 22.4. The predicted molar refractivity (Wildman–Crippen MR) is 168 cm³/mol. The Balaban J connectivity index is 1.31. The number of alkyl halides is 4. The van der Waals surface area contributed by atoms with E-state index in [0.717, 1.165) is 37.0 Å². The molecule has 0 spiro atoms. The van der Waals surface area contributed by atoms with Gasteiger partial charge >= 0.3 is 12.1 Å². The van der Waals surface area contributed by atoms with Crippen molar-refractivity contribution in [2.45, 2.75) is 74.3 Å². The number of aliphatic carboxylic acids is 1. The number of hydrogen-bond donors (Lipinski definition) is 1. The molecule has 2 aromatic rings. The number of hydrogen-bond acceptors (Lipinski definition) is 6. The van der Waals surface area contributed by atoms with Crippen LogP contribution < -0.4 is 9.64 Å². The Morgan fingerprint density at radius 2 is 1.70 bits per heavy atom. The lowest BCUT2D eigenvalue weighted by atomic mass is 9.85. The number of piperidine rings is 1. The third kappa shape index (κ3) is 6.55. The molecular formula is C35H43F4N3O5. The van der Waals surface area contributed by atoms with Crippen LogP contribution in [-0.4, -0.2) is 98.1 Å². The Labute approximate surface area is 272 Å². The van der Waals surface area contributed by atoms with Crippen LogP contribution in [0.1, 0.15) is 67.1 Å². The van der Waals surface area contributed by atoms with E-state index in [0.29, 0.717) is 55.9 Å². The molecule has 256 valence electrons. The largest absolute Gasteiger partial charge is 0.497 e. The number of rotatable bonds is 9. The maximum atomic E-state index is 17.6. The summed E-state index contributed by atoms with van der Waals surface area (Å²) >= 11 is 0. The number of carboxylic acid groups (broad SMARTS) is 1. The molecule has 4 fully saturated rings. The van der Waals surface area contributed by atoms with E-state index in [-0.39, 0.29) is 31.7 Å². The number of benzene rings is 2. The van der Waals surface area contributed by atoms with E-state index < -0.39 is 47.2 Å². The van der Waals surface area contributed by atoms with E-state index in [4.69, 9.17) is 9.47 Å². The van der Waals surface area contributed by atoms with Gasteiger partial charge in [0.2, 0.25) is 5.67 Å². The molecule has 3 saturated heterocycles. The van der Waals surface area contributed by atoms with Crippen LogP contribution in [-0.2, 0) is 20.5 Å². The SMILES string of the molecule is COC[C@@H]1C[C@@H](c2ccc(C(F)(F)F)cc2N2CCC(C(=O)O)CC2)CN1C(=O)[C@]1(F)CN(C2CCC2)C[C@H]1c1ccc(OC)cc1. The highest BCUT2D eigenvalue weighted by Gasteiger charge is 2.58. The minimum Gasteiger partial charge on any atom is -0.497 e. The van der Waals surface area contributed by atoms with Crippen molar-refractivity contribution < 1.29 is 41.7 Å². The number of nitrogens with zero attached hydrogens (tertiary/aromatic N) is 3. The van der Waals surface area contributed by atoms with Crippen molar-refractivity contribution >= 4 is 17.6 Å². The van der Waals surface area contributed by atoms with Crippen LogP contribution in [0.4, 0.5) is 23.2 Å². The van der Waals surface area contributed by atoms with Crippen molar-refractivity contribution in [1.82, 2.24) is 9.80 Å². The van der Waals surface area contributed by atoms with Crippen LogP contribution in [0.15, 0.2) is 42.5 Å². The van der Waals surface area contributed by atoms with Gasteiger partial charge in [-0.2, -0.15) is 13.2 Å². The molecule has 12 heteroatoms. The van der Waals surface area contributed by atoms with Gasteiger partial charge in [-0.25, -0.2) is 4.39 Å². The number of carbonyl (C=O) groups excluding carboxylic acids is 1. The number of halogens is 4. The van der Waals surface area contributed by atoms with Gasteiger partial charge in [0.15, 0.2) is 0 Å². The third-order valence-corrected chi connectivity index (χ3v) is 10.9. The summed E-state index contributed by atoms with van der Waals surface area (Å²) in [4.78, 5) is 31.6. The summed E-state index contributed by atoms with van der Waals surface area (Å²) in [6.07, 6.45) is -0.499. The highest BCUT2D eigenvalue weighted by Crippen LogP contribution is 2.47. The summed E-state index contributed by atoms with van der Waals surface area (Å²) in [6, 6.07) is 10.6. The number of anilines is 1. The van der Waals surface area contributed by atoms with Gasteiger partial charge in [0, 0.05) is 63.4 Å². The Morgan fingerprint density at radius 1 is 1.00 bits per heavy atom. The van der Waals surface area contributed by atoms with Gasteiger partial charge < -0.3 is 24.4 Å². The molecule has 0 unspecified atom stereocenters. The molecule has 1 aliphatic carbocycles. The molecule has 0 aromatic heterocycles. The van der Waals surface area contributed by atoms with Crippen LogP contribution in [0.3, 0.4) is 0 Å². The molecule has 1 saturated carbocycles. The molecule has 6 rings (SSSR count). The van der Waals surface area contributed by atoms with Crippen molar-refractivity contribution in [2.75, 3.05) is 58.5 Å². The molecule has 4 aliphatic rings. The lowest BCUT2D eigenvalue weighted by Crippen LogP contribution is -2.53. The van der Waals surface area contributed by atoms with Gasteiger partial charge in [0.25, 0.3) is 5.91 Å². The molecule has 3 aliphatic heterocycles. The van der Waals surface area contributed by atoms with E-state index in [2.05, 4.69) is 4.90 Å². The molecule has 47 heavy (non-hydrogen) atoms. The second-order valence-electron chi connectivity index (χ2n) is 13.6. The molecule has 3 heterocycles. The van der Waals surface area contributed by atoms with Crippen molar-refractivity contribution in [1.29, 1.82) is 0 Å². The van der Waals surface area contributed by atoms with E-state index >= 15 is 4.39 Å². The number of methoxy groups -OCH3 is 2. The number of amides is 1. The first-order valence-corrected chi connectivity index (χ1v) is 16.5. The summed E-state index contributed by atoms with van der Waals surface area (Å²) < 4.78 is 70.0. The Kier molecular flexibility index (Phi) is 9.46. The molecule has 2 aromatic carbocycles. The maximum absolute atomic E-state index is 17.6. The average Bonchev–Trinajstić information content (AvgIpc) is 3.61. The van der Waals surface area contributed by atoms with E-state index in [1.54, 1.807) is 24.1 Å². The summed E-state index contributed by atoms with van der Waals surface area (Å²) in [5.74, 6) is -2.48. The van der Waals surface area contributed by atoms with Crippen LogP contribution in [0.25, 0.3) is 0 Å². The van der Waals surface area contributed by atoms with Crippen LogP contribution in [0.2, 0.25) is 0 Å². The fraction of sp³-hybridized carbons (Fsp3) is 0.600. The Bertz CT molecular complexity index is 1440. The van der Waals surface area contributed by atoms with Crippen molar-refractivity contribution in [3.63, 3.8) is 0 Å². The zero-order chi connectivity index (χ0) is 33.5. The van der Waals surface area contributed by atoms with Gasteiger partial charge in [-0.15, -0.1) is 0 Å². The molecular weight excluding hydrogens is 618 g/mol. The zero-order valence-electron chi connectivity index (χ0n) is 26.8. The zero-order valence-corrected chi connectivity index (χ0v) is 26.8. The minimum atomic E-state index is -4.56. The summed E-state index contributed by atoms with van der Waals surface area (Å²) in [5, 5.41) is 9.47. The van der Waals surface area contributed by atoms with Crippen molar-refractivity contribution in [3.05, 3.63) is 59.2 Å². The van der Waals surface area contributed by atoms with E-state index in [1.165, 1.54) is 13.2 Å². The molecule has 1 amide bonds. The van der Waals surface area contributed by atoms with Crippen LogP contribution >= 0.6 is 0 Å². The van der Waals surface area contributed by atoms with Gasteiger partial charge in [0.05, 0.1) is 31.2 Å². The van der Waals surface area contributed by atoms with Crippen molar-refractivity contribution in [3.8, 4) is 5.75 Å². The second-order valence-corrected chi connectivity index (χ2v) is 13.6. The monoisotopic (exact) mass is 661 g/mol. The standard InChI is InChI=1S/C35H43F4N3O5/c1-46-20-27-16-24(29-11-8-25(35(37,38)39)17-31(29)40-14-12-23(13-15-40)32(43)44)18-42(27)33(45)34(36)21-41(26-4-3-5-26)19-30(34)22-6-9-28(47-2)10-7-22/h6-11,17,23-24,26-27,30H,3-5,12-16,18-21H2,1-2H3,(H,43,44)/t24-,27+,30+,34+/m1/s1. The smallest absolute Gasteiger partial charge is 0.416 e. The summed E-state index contributed by atoms with van der Waals surface area (Å²) in [6.45, 7) is 1.31. The molecule has 0 bridgehead atoms. The van der Waals surface area contributed by atoms with Crippen LogP contribution in [0.5, 0.6) is 5.75 Å². The topological polar surface area (TPSA) is 82.5 Å². The molecule has 4 atom stereocenters. The summed E-state index contributed by atoms with van der Waals surface area (Å²) in [7, 11) is 3.08. The van der Waals surface area contributed by atoms with E-state index in [9.17, 15) is 27.9 Å². The first kappa shape index (κ1) is 33.5. The normalized spacial score (nSPS) is 27.7. The number of likely N-dealkylation sites (tertiary alicyclic amines) is 2. The van der Waals surface area contributed by atoms with Gasteiger partial charge in [-0.05, 0) is 67.5 Å². The number of ether oxygens (including phenoxy) is 2. The van der Waals surface area contributed by atoms with Gasteiger partial charge in [0.1, 0.15) is 5.75 Å². The maximum Gasteiger partial charge on any atom is 0.416 e. The highest BCUT2D eigenvalue weighted by atomic mass is 19.4. The fourth-order valence-corrected chi connectivity index (χ4v) is 7.99.